The third kappa shape index (κ3) is 3.03. The average molecular weight is 314 g/mol. The minimum Gasteiger partial charge on any atom is -0.507 e. The molecule has 2 atom stereocenters. The maximum absolute atomic E-state index is 11.9. The summed E-state index contributed by atoms with van der Waals surface area (Å²) in [4.78, 5) is 11.9. The van der Waals surface area contributed by atoms with Crippen LogP contribution in [-0.2, 0) is 0 Å². The fraction of sp³-hybridized carbons (Fsp3) is 0.462. The van der Waals surface area contributed by atoms with Gasteiger partial charge in [-0.05, 0) is 31.0 Å². The molecule has 1 aromatic rings. The van der Waals surface area contributed by atoms with Gasteiger partial charge in [0.25, 0.3) is 5.91 Å². The van der Waals surface area contributed by atoms with E-state index >= 15 is 0 Å². The van der Waals surface area contributed by atoms with E-state index in [0.29, 0.717) is 6.54 Å². The van der Waals surface area contributed by atoms with Gasteiger partial charge >= 0.3 is 0 Å². The molecule has 2 unspecified atom stereocenters. The molecule has 1 aromatic carbocycles. The second-order valence-corrected chi connectivity index (χ2v) is 5.55. The van der Waals surface area contributed by atoms with Crippen molar-refractivity contribution in [3.05, 3.63) is 28.2 Å². The van der Waals surface area contributed by atoms with Crippen LogP contribution < -0.4 is 5.32 Å². The molecule has 0 bridgehead atoms. The third-order valence-electron chi connectivity index (χ3n) is 3.35. The highest BCUT2D eigenvalue weighted by molar-refractivity contribution is 9.10. The molecule has 1 saturated carbocycles. The number of aromatic hydroxyl groups is 1. The molecule has 1 amide bonds. The minimum absolute atomic E-state index is 0.0392. The number of carbonyl (C=O) groups excluding carboxylic acids is 1. The van der Waals surface area contributed by atoms with Gasteiger partial charge in [0.1, 0.15) is 5.75 Å². The molecule has 0 radical (unpaired) electrons. The maximum atomic E-state index is 11.9. The predicted molar refractivity (Wildman–Crippen MR) is 71.5 cm³/mol. The molecule has 5 heteroatoms. The number of aliphatic hydroxyl groups is 1. The Bertz CT molecular complexity index is 450. The zero-order valence-electron chi connectivity index (χ0n) is 9.90. The predicted octanol–water partition coefficient (Wildman–Crippen LogP) is 2.05. The zero-order valence-corrected chi connectivity index (χ0v) is 11.5. The summed E-state index contributed by atoms with van der Waals surface area (Å²) < 4.78 is 0.742. The van der Waals surface area contributed by atoms with Crippen LogP contribution in [0.3, 0.4) is 0 Å². The van der Waals surface area contributed by atoms with Crippen molar-refractivity contribution in [2.75, 3.05) is 6.54 Å². The molecule has 1 aliphatic rings. The SMILES string of the molecule is O=C(NCC1CCCC1O)c1cc(Br)ccc1O. The number of aliphatic hydroxyl groups excluding tert-OH is 1. The number of carbonyl (C=O) groups is 1. The highest BCUT2D eigenvalue weighted by Crippen LogP contribution is 2.25. The molecule has 0 aromatic heterocycles. The lowest BCUT2D eigenvalue weighted by Gasteiger charge is -2.15. The number of nitrogens with one attached hydrogen (secondary N) is 1. The Kier molecular flexibility index (Phi) is 4.24. The quantitative estimate of drug-likeness (QED) is 0.800. The topological polar surface area (TPSA) is 69.6 Å². The molecular weight excluding hydrogens is 298 g/mol. The summed E-state index contributed by atoms with van der Waals surface area (Å²) >= 11 is 3.26. The van der Waals surface area contributed by atoms with Crippen molar-refractivity contribution in [3.8, 4) is 5.75 Å². The highest BCUT2D eigenvalue weighted by Gasteiger charge is 2.25. The van der Waals surface area contributed by atoms with Crippen molar-refractivity contribution in [2.24, 2.45) is 5.92 Å². The second-order valence-electron chi connectivity index (χ2n) is 4.63. The fourth-order valence-corrected chi connectivity index (χ4v) is 2.63. The van der Waals surface area contributed by atoms with Crippen LogP contribution in [-0.4, -0.2) is 28.8 Å². The van der Waals surface area contributed by atoms with E-state index in [1.54, 1.807) is 12.1 Å². The number of phenolic OH excluding ortho intramolecular Hbond substituents is 1. The van der Waals surface area contributed by atoms with Crippen LogP contribution in [0, 0.1) is 5.92 Å². The van der Waals surface area contributed by atoms with E-state index in [4.69, 9.17) is 0 Å². The molecule has 0 heterocycles. The Balaban J connectivity index is 1.97. The summed E-state index contributed by atoms with van der Waals surface area (Å²) in [5.41, 5.74) is 0.247. The Morgan fingerprint density at radius 1 is 1.44 bits per heavy atom. The van der Waals surface area contributed by atoms with Crippen LogP contribution in [0.1, 0.15) is 29.6 Å². The summed E-state index contributed by atoms with van der Waals surface area (Å²) in [6.07, 6.45) is 2.43. The molecule has 0 spiro atoms. The van der Waals surface area contributed by atoms with E-state index in [9.17, 15) is 15.0 Å². The van der Waals surface area contributed by atoms with Gasteiger partial charge in [0.2, 0.25) is 0 Å². The van der Waals surface area contributed by atoms with Gasteiger partial charge in [-0.15, -0.1) is 0 Å². The fourth-order valence-electron chi connectivity index (χ4n) is 2.26. The van der Waals surface area contributed by atoms with Crippen molar-refractivity contribution in [2.45, 2.75) is 25.4 Å². The Morgan fingerprint density at radius 2 is 2.22 bits per heavy atom. The summed E-state index contributed by atoms with van der Waals surface area (Å²) in [5.74, 6) is -0.223. The number of phenols is 1. The molecule has 18 heavy (non-hydrogen) atoms. The van der Waals surface area contributed by atoms with E-state index in [2.05, 4.69) is 21.2 Å². The first-order valence-electron chi connectivity index (χ1n) is 6.02. The Hall–Kier alpha value is -1.07. The monoisotopic (exact) mass is 313 g/mol. The van der Waals surface area contributed by atoms with Crippen molar-refractivity contribution in [1.82, 2.24) is 5.32 Å². The van der Waals surface area contributed by atoms with Gasteiger partial charge in [0.05, 0.1) is 11.7 Å². The molecule has 98 valence electrons. The smallest absolute Gasteiger partial charge is 0.255 e. The van der Waals surface area contributed by atoms with Gasteiger partial charge in [-0.1, -0.05) is 22.4 Å². The van der Waals surface area contributed by atoms with Gasteiger partial charge in [-0.3, -0.25) is 4.79 Å². The summed E-state index contributed by atoms with van der Waals surface area (Å²) in [7, 11) is 0. The molecule has 2 rings (SSSR count). The van der Waals surface area contributed by atoms with Gasteiger partial charge in [0.15, 0.2) is 0 Å². The number of rotatable bonds is 3. The number of hydrogen-bond acceptors (Lipinski definition) is 3. The molecule has 1 fully saturated rings. The third-order valence-corrected chi connectivity index (χ3v) is 3.84. The van der Waals surface area contributed by atoms with E-state index < -0.39 is 0 Å². The number of hydrogen-bond donors (Lipinski definition) is 3. The van der Waals surface area contributed by atoms with Gasteiger partial charge < -0.3 is 15.5 Å². The highest BCUT2D eigenvalue weighted by atomic mass is 79.9. The van der Waals surface area contributed by atoms with E-state index in [-0.39, 0.29) is 29.2 Å². The lowest BCUT2D eigenvalue weighted by molar-refractivity contribution is 0.0914. The Morgan fingerprint density at radius 3 is 2.89 bits per heavy atom. The molecule has 0 aliphatic heterocycles. The van der Waals surface area contributed by atoms with Crippen LogP contribution in [0.5, 0.6) is 5.75 Å². The molecule has 4 nitrogen and oxygen atoms in total. The van der Waals surface area contributed by atoms with Crippen molar-refractivity contribution in [1.29, 1.82) is 0 Å². The molecular formula is C13H16BrNO3. The van der Waals surface area contributed by atoms with Crippen LogP contribution in [0.25, 0.3) is 0 Å². The first-order chi connectivity index (χ1) is 8.58. The lowest BCUT2D eigenvalue weighted by Crippen LogP contribution is -2.32. The normalized spacial score (nSPS) is 23.0. The number of benzene rings is 1. The van der Waals surface area contributed by atoms with Crippen molar-refractivity contribution < 1.29 is 15.0 Å². The van der Waals surface area contributed by atoms with Crippen LogP contribution in [0.2, 0.25) is 0 Å². The largest absolute Gasteiger partial charge is 0.507 e. The summed E-state index contributed by atoms with van der Waals surface area (Å²) in [6, 6.07) is 4.73. The minimum atomic E-state index is -0.318. The first-order valence-corrected chi connectivity index (χ1v) is 6.82. The average Bonchev–Trinajstić information content (AvgIpc) is 2.75. The maximum Gasteiger partial charge on any atom is 0.255 e. The van der Waals surface area contributed by atoms with Gasteiger partial charge in [-0.25, -0.2) is 0 Å². The lowest BCUT2D eigenvalue weighted by atomic mass is 10.1. The van der Waals surface area contributed by atoms with Crippen LogP contribution in [0.15, 0.2) is 22.7 Å². The summed E-state index contributed by atoms with van der Waals surface area (Å²) in [5, 5.41) is 22.0. The van der Waals surface area contributed by atoms with E-state index in [0.717, 1.165) is 23.7 Å². The first kappa shape index (κ1) is 13.4. The van der Waals surface area contributed by atoms with Crippen molar-refractivity contribution >= 4 is 21.8 Å². The van der Waals surface area contributed by atoms with E-state index in [1.165, 1.54) is 6.07 Å². The second kappa shape index (κ2) is 5.71. The van der Waals surface area contributed by atoms with Crippen LogP contribution in [0.4, 0.5) is 0 Å². The zero-order chi connectivity index (χ0) is 13.1. The van der Waals surface area contributed by atoms with Gasteiger partial charge in [-0.2, -0.15) is 0 Å². The van der Waals surface area contributed by atoms with Crippen LogP contribution >= 0.6 is 15.9 Å². The number of halogens is 1. The van der Waals surface area contributed by atoms with Gasteiger partial charge in [0, 0.05) is 16.9 Å². The molecule has 0 saturated heterocycles. The van der Waals surface area contributed by atoms with Crippen molar-refractivity contribution in [3.63, 3.8) is 0 Å². The Labute approximate surface area is 114 Å². The standard InChI is InChI=1S/C13H16BrNO3/c14-9-4-5-12(17)10(6-9)13(18)15-7-8-2-1-3-11(8)16/h4-6,8,11,16-17H,1-3,7H2,(H,15,18). The summed E-state index contributed by atoms with van der Waals surface area (Å²) in [6.45, 7) is 0.450. The van der Waals surface area contributed by atoms with E-state index in [1.807, 2.05) is 0 Å². The number of amides is 1. The molecule has 3 N–H and O–H groups in total. The molecule has 1 aliphatic carbocycles.